The van der Waals surface area contributed by atoms with Crippen molar-refractivity contribution < 1.29 is 14.6 Å². The Morgan fingerprint density at radius 2 is 2.47 bits per heavy atom. The average Bonchev–Trinajstić information content (AvgIpc) is 2.55. The van der Waals surface area contributed by atoms with Crippen molar-refractivity contribution >= 4 is 48.6 Å². The number of halogens is 1. The minimum Gasteiger partial charge on any atom is -0.465 e. The van der Waals surface area contributed by atoms with Crippen LogP contribution < -0.4 is 5.32 Å². The standard InChI is InChI=1S/C10H9BrN2O3S/c1-16-4-5-2-6-8(12-3-5)7(11)9(17-6)13-10(14)15/h2-3,13H,4H2,1H3,(H,14,15). The van der Waals surface area contributed by atoms with E-state index < -0.39 is 6.09 Å². The summed E-state index contributed by atoms with van der Waals surface area (Å²) in [6.45, 7) is 0.486. The van der Waals surface area contributed by atoms with E-state index in [1.54, 1.807) is 13.3 Å². The average molecular weight is 317 g/mol. The summed E-state index contributed by atoms with van der Waals surface area (Å²) in [6, 6.07) is 1.94. The number of nitrogens with one attached hydrogen (secondary N) is 1. The molecule has 2 aromatic rings. The highest BCUT2D eigenvalue weighted by molar-refractivity contribution is 9.10. The summed E-state index contributed by atoms with van der Waals surface area (Å²) in [5, 5.41) is 11.6. The fourth-order valence-electron chi connectivity index (χ4n) is 1.41. The molecule has 0 saturated heterocycles. The lowest BCUT2D eigenvalue weighted by Crippen LogP contribution is -2.05. The van der Waals surface area contributed by atoms with E-state index in [-0.39, 0.29) is 0 Å². The van der Waals surface area contributed by atoms with Crippen LogP contribution in [0, 0.1) is 0 Å². The van der Waals surface area contributed by atoms with Gasteiger partial charge in [-0.15, -0.1) is 11.3 Å². The highest BCUT2D eigenvalue weighted by Crippen LogP contribution is 2.38. The predicted molar refractivity (Wildman–Crippen MR) is 69.7 cm³/mol. The molecule has 2 aromatic heterocycles. The van der Waals surface area contributed by atoms with Crippen LogP contribution in [0.2, 0.25) is 0 Å². The van der Waals surface area contributed by atoms with Crippen molar-refractivity contribution in [2.75, 3.05) is 12.4 Å². The highest BCUT2D eigenvalue weighted by atomic mass is 79.9. The summed E-state index contributed by atoms with van der Waals surface area (Å²) in [5.74, 6) is 0. The van der Waals surface area contributed by atoms with Crippen molar-refractivity contribution in [3.8, 4) is 0 Å². The van der Waals surface area contributed by atoms with Gasteiger partial charge in [0.1, 0.15) is 5.00 Å². The molecule has 0 aliphatic carbocycles. The van der Waals surface area contributed by atoms with Gasteiger partial charge in [0.05, 0.1) is 21.3 Å². The topological polar surface area (TPSA) is 71.5 Å². The van der Waals surface area contributed by atoms with E-state index in [0.29, 0.717) is 16.1 Å². The zero-order valence-electron chi connectivity index (χ0n) is 8.86. The van der Waals surface area contributed by atoms with E-state index in [9.17, 15) is 4.79 Å². The Bertz CT molecular complexity index is 570. The monoisotopic (exact) mass is 316 g/mol. The third-order valence-electron chi connectivity index (χ3n) is 2.06. The lowest BCUT2D eigenvalue weighted by molar-refractivity contribution is 0.185. The van der Waals surface area contributed by atoms with Gasteiger partial charge < -0.3 is 9.84 Å². The van der Waals surface area contributed by atoms with Gasteiger partial charge in [-0.1, -0.05) is 0 Å². The van der Waals surface area contributed by atoms with E-state index in [4.69, 9.17) is 9.84 Å². The number of ether oxygens (including phenoxy) is 1. The number of methoxy groups -OCH3 is 1. The van der Waals surface area contributed by atoms with Crippen molar-refractivity contribution in [1.82, 2.24) is 4.98 Å². The SMILES string of the molecule is COCc1cnc2c(Br)c(NC(=O)O)sc2c1. The van der Waals surface area contributed by atoms with E-state index in [2.05, 4.69) is 26.2 Å². The summed E-state index contributed by atoms with van der Waals surface area (Å²) < 4.78 is 6.60. The van der Waals surface area contributed by atoms with Gasteiger partial charge >= 0.3 is 6.09 Å². The molecule has 0 saturated carbocycles. The quantitative estimate of drug-likeness (QED) is 0.911. The van der Waals surface area contributed by atoms with Crippen LogP contribution in [0.4, 0.5) is 9.80 Å². The lowest BCUT2D eigenvalue weighted by atomic mass is 10.3. The zero-order valence-corrected chi connectivity index (χ0v) is 11.3. The third kappa shape index (κ3) is 2.56. The largest absolute Gasteiger partial charge is 0.465 e. The number of aromatic nitrogens is 1. The summed E-state index contributed by atoms with van der Waals surface area (Å²) >= 11 is 4.67. The van der Waals surface area contributed by atoms with E-state index in [1.165, 1.54) is 11.3 Å². The van der Waals surface area contributed by atoms with E-state index in [0.717, 1.165) is 15.8 Å². The molecule has 7 heteroatoms. The first-order valence-electron chi connectivity index (χ1n) is 4.67. The molecule has 0 aromatic carbocycles. The number of thiophene rings is 1. The predicted octanol–water partition coefficient (Wildman–Crippen LogP) is 3.30. The lowest BCUT2D eigenvalue weighted by Gasteiger charge is -1.98. The van der Waals surface area contributed by atoms with Gasteiger partial charge in [0.25, 0.3) is 0 Å². The minimum atomic E-state index is -1.09. The normalized spacial score (nSPS) is 10.7. The van der Waals surface area contributed by atoms with Crippen LogP contribution in [0.5, 0.6) is 0 Å². The minimum absolute atomic E-state index is 0.486. The number of hydrogen-bond acceptors (Lipinski definition) is 4. The number of hydrogen-bond donors (Lipinski definition) is 2. The molecule has 0 radical (unpaired) electrons. The fraction of sp³-hybridized carbons (Fsp3) is 0.200. The number of rotatable bonds is 3. The van der Waals surface area contributed by atoms with Crippen LogP contribution in [-0.2, 0) is 11.3 Å². The molecular formula is C10H9BrN2O3S. The fourth-order valence-corrected chi connectivity index (χ4v) is 3.21. The number of carboxylic acid groups (broad SMARTS) is 1. The molecule has 0 aliphatic rings. The van der Waals surface area contributed by atoms with Crippen LogP contribution in [0.1, 0.15) is 5.56 Å². The first kappa shape index (κ1) is 12.3. The Hall–Kier alpha value is -1.18. The third-order valence-corrected chi connectivity index (χ3v) is 4.14. The maximum Gasteiger partial charge on any atom is 0.409 e. The summed E-state index contributed by atoms with van der Waals surface area (Å²) in [7, 11) is 1.62. The first-order chi connectivity index (χ1) is 8.11. The molecule has 0 bridgehead atoms. The van der Waals surface area contributed by atoms with Crippen LogP contribution in [0.3, 0.4) is 0 Å². The van der Waals surface area contributed by atoms with Crippen molar-refractivity contribution in [2.45, 2.75) is 6.61 Å². The Morgan fingerprint density at radius 3 is 3.12 bits per heavy atom. The van der Waals surface area contributed by atoms with Crippen LogP contribution in [-0.4, -0.2) is 23.3 Å². The maximum atomic E-state index is 10.6. The molecule has 0 unspecified atom stereocenters. The van der Waals surface area contributed by atoms with Gasteiger partial charge in [-0.2, -0.15) is 0 Å². The Kier molecular flexibility index (Phi) is 3.60. The van der Waals surface area contributed by atoms with Gasteiger partial charge in [0, 0.05) is 13.3 Å². The molecule has 0 fully saturated rings. The molecule has 17 heavy (non-hydrogen) atoms. The Balaban J connectivity index is 2.45. The molecule has 0 aliphatic heterocycles. The number of anilines is 1. The zero-order chi connectivity index (χ0) is 12.4. The number of carbonyl (C=O) groups is 1. The number of amides is 1. The molecule has 2 heterocycles. The first-order valence-corrected chi connectivity index (χ1v) is 6.28. The molecule has 90 valence electrons. The van der Waals surface area contributed by atoms with Gasteiger partial charge in [-0.25, -0.2) is 4.79 Å². The van der Waals surface area contributed by atoms with Gasteiger partial charge in [-0.3, -0.25) is 10.3 Å². The molecule has 1 amide bonds. The number of pyridine rings is 1. The van der Waals surface area contributed by atoms with Crippen molar-refractivity contribution in [3.63, 3.8) is 0 Å². The van der Waals surface area contributed by atoms with Crippen LogP contribution >= 0.6 is 27.3 Å². The second-order valence-electron chi connectivity index (χ2n) is 3.30. The number of fused-ring (bicyclic) bond motifs is 1. The molecule has 0 atom stereocenters. The van der Waals surface area contributed by atoms with E-state index in [1.807, 2.05) is 6.07 Å². The van der Waals surface area contributed by atoms with Gasteiger partial charge in [0.2, 0.25) is 0 Å². The number of nitrogens with zero attached hydrogens (tertiary/aromatic N) is 1. The van der Waals surface area contributed by atoms with Gasteiger partial charge in [0.15, 0.2) is 0 Å². The van der Waals surface area contributed by atoms with Crippen LogP contribution in [0.25, 0.3) is 10.2 Å². The molecule has 2 rings (SSSR count). The van der Waals surface area contributed by atoms with E-state index >= 15 is 0 Å². The van der Waals surface area contributed by atoms with Gasteiger partial charge in [-0.05, 0) is 27.6 Å². The van der Waals surface area contributed by atoms with Crippen molar-refractivity contribution in [3.05, 3.63) is 22.3 Å². The smallest absolute Gasteiger partial charge is 0.409 e. The Morgan fingerprint density at radius 1 is 1.71 bits per heavy atom. The highest BCUT2D eigenvalue weighted by Gasteiger charge is 2.13. The summed E-state index contributed by atoms with van der Waals surface area (Å²) in [4.78, 5) is 14.9. The molecular weight excluding hydrogens is 308 g/mol. The molecule has 5 nitrogen and oxygen atoms in total. The second-order valence-corrected chi connectivity index (χ2v) is 5.14. The van der Waals surface area contributed by atoms with Crippen molar-refractivity contribution in [2.24, 2.45) is 0 Å². The maximum absolute atomic E-state index is 10.6. The van der Waals surface area contributed by atoms with Crippen molar-refractivity contribution in [1.29, 1.82) is 0 Å². The Labute approximate surface area is 110 Å². The second kappa shape index (κ2) is 4.99. The molecule has 2 N–H and O–H groups in total. The summed E-state index contributed by atoms with van der Waals surface area (Å²) in [6.07, 6.45) is 0.628. The van der Waals surface area contributed by atoms with Crippen LogP contribution in [0.15, 0.2) is 16.7 Å². The summed E-state index contributed by atoms with van der Waals surface area (Å²) in [5.41, 5.74) is 1.70. The molecule has 0 spiro atoms.